The van der Waals surface area contributed by atoms with Gasteiger partial charge in [0, 0.05) is 10.9 Å². The molecular formula is C20H21N3OS. The van der Waals surface area contributed by atoms with E-state index in [0.29, 0.717) is 0 Å². The second-order valence-corrected chi connectivity index (χ2v) is 6.75. The highest BCUT2D eigenvalue weighted by atomic mass is 32.1. The first-order valence-corrected chi connectivity index (χ1v) is 8.92. The number of nitrogens with zero attached hydrogens (tertiary/aromatic N) is 2. The molecule has 1 N–H and O–H groups in total. The third kappa shape index (κ3) is 4.06. The lowest BCUT2D eigenvalue weighted by Crippen LogP contribution is -1.99. The Kier molecular flexibility index (Phi) is 5.14. The van der Waals surface area contributed by atoms with Crippen molar-refractivity contribution in [2.45, 2.75) is 20.8 Å². The number of aromatic nitrogens is 1. The molecule has 0 spiro atoms. The Balaban J connectivity index is 1.74. The molecular weight excluding hydrogens is 330 g/mol. The number of anilines is 1. The summed E-state index contributed by atoms with van der Waals surface area (Å²) in [4.78, 5) is 4.64. The molecule has 0 aliphatic heterocycles. The molecule has 0 radical (unpaired) electrons. The molecule has 0 aliphatic carbocycles. The van der Waals surface area contributed by atoms with Crippen molar-refractivity contribution >= 4 is 22.2 Å². The number of aryl methyl sites for hydroxylation is 2. The zero-order valence-corrected chi connectivity index (χ0v) is 15.6. The van der Waals surface area contributed by atoms with E-state index in [9.17, 15) is 0 Å². The van der Waals surface area contributed by atoms with Gasteiger partial charge in [0.25, 0.3) is 0 Å². The van der Waals surface area contributed by atoms with E-state index in [-0.39, 0.29) is 0 Å². The molecule has 0 fully saturated rings. The Hall–Kier alpha value is -2.66. The largest absolute Gasteiger partial charge is 0.497 e. The van der Waals surface area contributed by atoms with Crippen LogP contribution in [-0.2, 0) is 0 Å². The fourth-order valence-corrected chi connectivity index (χ4v) is 3.23. The Bertz CT molecular complexity index is 898. The minimum Gasteiger partial charge on any atom is -0.497 e. The van der Waals surface area contributed by atoms with Crippen molar-refractivity contribution in [2.75, 3.05) is 12.5 Å². The maximum absolute atomic E-state index is 5.18. The SMILES string of the molecule is COc1ccc(/C(C)=N/Nc2nc(-c3ccc(C)cc3C)cs2)cc1. The molecule has 1 heterocycles. The molecule has 0 saturated heterocycles. The number of benzene rings is 2. The van der Waals surface area contributed by atoms with Gasteiger partial charge in [-0.3, -0.25) is 5.43 Å². The topological polar surface area (TPSA) is 46.5 Å². The molecule has 0 bridgehead atoms. The Morgan fingerprint density at radius 3 is 2.56 bits per heavy atom. The molecule has 0 unspecified atom stereocenters. The third-order valence-corrected chi connectivity index (χ3v) is 4.74. The number of hydrogen-bond donors (Lipinski definition) is 1. The fourth-order valence-electron chi connectivity index (χ4n) is 2.58. The van der Waals surface area contributed by atoms with E-state index in [1.165, 1.54) is 11.1 Å². The molecule has 0 aliphatic rings. The van der Waals surface area contributed by atoms with Crippen molar-refractivity contribution in [1.82, 2.24) is 4.98 Å². The van der Waals surface area contributed by atoms with Crippen LogP contribution < -0.4 is 10.2 Å². The number of rotatable bonds is 5. The molecule has 1 aromatic heterocycles. The number of thiazole rings is 1. The van der Waals surface area contributed by atoms with Gasteiger partial charge >= 0.3 is 0 Å². The van der Waals surface area contributed by atoms with Crippen LogP contribution in [0.25, 0.3) is 11.3 Å². The summed E-state index contributed by atoms with van der Waals surface area (Å²) >= 11 is 1.55. The van der Waals surface area contributed by atoms with E-state index >= 15 is 0 Å². The Morgan fingerprint density at radius 1 is 1.12 bits per heavy atom. The summed E-state index contributed by atoms with van der Waals surface area (Å²) in [6, 6.07) is 14.2. The predicted octanol–water partition coefficient (Wildman–Crippen LogP) is 5.27. The standard InChI is InChI=1S/C20H21N3OS/c1-13-5-10-18(14(2)11-13)19-12-25-20(21-19)23-22-15(3)16-6-8-17(24-4)9-7-16/h5-12H,1-4H3,(H,21,23)/b22-15+. The zero-order valence-electron chi connectivity index (χ0n) is 14.8. The average molecular weight is 351 g/mol. The van der Waals surface area contributed by atoms with Crippen LogP contribution in [-0.4, -0.2) is 17.8 Å². The van der Waals surface area contributed by atoms with E-state index in [0.717, 1.165) is 33.4 Å². The van der Waals surface area contributed by atoms with Gasteiger partial charge in [-0.1, -0.05) is 23.8 Å². The molecule has 0 amide bonds. The van der Waals surface area contributed by atoms with Crippen molar-refractivity contribution in [1.29, 1.82) is 0 Å². The Labute approximate surface area is 152 Å². The summed E-state index contributed by atoms with van der Waals surface area (Å²) in [5.74, 6) is 0.836. The Morgan fingerprint density at radius 2 is 1.88 bits per heavy atom. The van der Waals surface area contributed by atoms with Gasteiger partial charge in [0.1, 0.15) is 5.75 Å². The van der Waals surface area contributed by atoms with E-state index in [4.69, 9.17) is 4.74 Å². The van der Waals surface area contributed by atoms with Crippen molar-refractivity contribution in [2.24, 2.45) is 5.10 Å². The highest BCUT2D eigenvalue weighted by Gasteiger charge is 2.07. The van der Waals surface area contributed by atoms with E-state index < -0.39 is 0 Å². The van der Waals surface area contributed by atoms with Crippen molar-refractivity contribution in [3.8, 4) is 17.0 Å². The van der Waals surface area contributed by atoms with E-state index in [1.807, 2.05) is 31.2 Å². The molecule has 25 heavy (non-hydrogen) atoms. The zero-order chi connectivity index (χ0) is 17.8. The normalized spacial score (nSPS) is 11.4. The van der Waals surface area contributed by atoms with Gasteiger partial charge in [-0.25, -0.2) is 4.98 Å². The van der Waals surface area contributed by atoms with Crippen LogP contribution in [0.1, 0.15) is 23.6 Å². The van der Waals surface area contributed by atoms with Crippen LogP contribution >= 0.6 is 11.3 Å². The van der Waals surface area contributed by atoms with Gasteiger partial charge in [-0.05, 0) is 56.2 Å². The predicted molar refractivity (Wildman–Crippen MR) is 106 cm³/mol. The minimum absolute atomic E-state index is 0.780. The average Bonchev–Trinajstić information content (AvgIpc) is 3.08. The summed E-state index contributed by atoms with van der Waals surface area (Å²) in [6.45, 7) is 6.18. The molecule has 4 nitrogen and oxygen atoms in total. The van der Waals surface area contributed by atoms with Crippen molar-refractivity contribution < 1.29 is 4.74 Å². The lowest BCUT2D eigenvalue weighted by atomic mass is 10.0. The number of hydrogen-bond acceptors (Lipinski definition) is 5. The quantitative estimate of drug-likeness (QED) is 0.503. The summed E-state index contributed by atoms with van der Waals surface area (Å²) < 4.78 is 5.18. The molecule has 5 heteroatoms. The summed E-state index contributed by atoms with van der Waals surface area (Å²) in [7, 11) is 1.66. The van der Waals surface area contributed by atoms with Crippen molar-refractivity contribution in [3.05, 3.63) is 64.5 Å². The first-order valence-electron chi connectivity index (χ1n) is 8.04. The van der Waals surface area contributed by atoms with Gasteiger partial charge in [-0.15, -0.1) is 11.3 Å². The molecule has 0 atom stereocenters. The number of hydrazone groups is 1. The van der Waals surface area contributed by atoms with Crippen LogP contribution in [0.4, 0.5) is 5.13 Å². The second-order valence-electron chi connectivity index (χ2n) is 5.89. The summed E-state index contributed by atoms with van der Waals surface area (Å²) in [6.07, 6.45) is 0. The lowest BCUT2D eigenvalue weighted by molar-refractivity contribution is 0.415. The maximum Gasteiger partial charge on any atom is 0.203 e. The molecule has 3 aromatic rings. The molecule has 3 rings (SSSR count). The first kappa shape index (κ1) is 17.2. The number of methoxy groups -OCH3 is 1. The van der Waals surface area contributed by atoms with Crippen LogP contribution in [0.15, 0.2) is 52.9 Å². The number of ether oxygens (including phenoxy) is 1. The highest BCUT2D eigenvalue weighted by Crippen LogP contribution is 2.28. The molecule has 0 saturated carbocycles. The van der Waals surface area contributed by atoms with Crippen LogP contribution in [0.5, 0.6) is 5.75 Å². The van der Waals surface area contributed by atoms with E-state index in [2.05, 4.69) is 52.9 Å². The summed E-state index contributed by atoms with van der Waals surface area (Å²) in [5, 5.41) is 7.27. The van der Waals surface area contributed by atoms with Gasteiger partial charge in [0.15, 0.2) is 0 Å². The third-order valence-electron chi connectivity index (χ3n) is 3.99. The van der Waals surface area contributed by atoms with Gasteiger partial charge < -0.3 is 4.74 Å². The molecule has 128 valence electrons. The fraction of sp³-hybridized carbons (Fsp3) is 0.200. The van der Waals surface area contributed by atoms with Crippen LogP contribution in [0.2, 0.25) is 0 Å². The van der Waals surface area contributed by atoms with Crippen molar-refractivity contribution in [3.63, 3.8) is 0 Å². The minimum atomic E-state index is 0.780. The van der Waals surface area contributed by atoms with Crippen LogP contribution in [0.3, 0.4) is 0 Å². The lowest BCUT2D eigenvalue weighted by Gasteiger charge is -2.04. The highest BCUT2D eigenvalue weighted by molar-refractivity contribution is 7.14. The summed E-state index contributed by atoms with van der Waals surface area (Å²) in [5.41, 5.74) is 9.61. The smallest absolute Gasteiger partial charge is 0.203 e. The van der Waals surface area contributed by atoms with Gasteiger partial charge in [0.2, 0.25) is 5.13 Å². The van der Waals surface area contributed by atoms with Gasteiger partial charge in [0.05, 0.1) is 18.5 Å². The maximum atomic E-state index is 5.18. The first-order chi connectivity index (χ1) is 12.1. The van der Waals surface area contributed by atoms with Gasteiger partial charge in [-0.2, -0.15) is 5.10 Å². The molecule has 2 aromatic carbocycles. The monoisotopic (exact) mass is 351 g/mol. The second kappa shape index (κ2) is 7.49. The van der Waals surface area contributed by atoms with Crippen LogP contribution in [0, 0.1) is 13.8 Å². The number of nitrogens with one attached hydrogen (secondary N) is 1. The van der Waals surface area contributed by atoms with E-state index in [1.54, 1.807) is 18.4 Å².